The molecule has 1 aromatic carbocycles. The van der Waals surface area contributed by atoms with Crippen molar-refractivity contribution in [1.82, 2.24) is 0 Å². The molecule has 1 aromatic rings. The normalized spacial score (nSPS) is 24.6. The van der Waals surface area contributed by atoms with Gasteiger partial charge in [0.25, 0.3) is 0 Å². The van der Waals surface area contributed by atoms with Crippen molar-refractivity contribution in [1.29, 1.82) is 0 Å². The largest absolute Gasteiger partial charge is 0.491 e. The van der Waals surface area contributed by atoms with Gasteiger partial charge in [-0.05, 0) is 18.6 Å². The standard InChI is InChI=1S/C11H14O3/c12-7-6-10-11(14-10)8-13-9-4-2-1-3-5-9/h1-5,10-12H,6-8H2. The Bertz CT molecular complexity index is 273. The Balaban J connectivity index is 1.70. The summed E-state index contributed by atoms with van der Waals surface area (Å²) in [5.41, 5.74) is 0. The van der Waals surface area contributed by atoms with Crippen LogP contribution in [0.4, 0.5) is 0 Å². The second-order valence-electron chi connectivity index (χ2n) is 3.35. The number of epoxide rings is 1. The van der Waals surface area contributed by atoms with Crippen molar-refractivity contribution in [3.05, 3.63) is 30.3 Å². The van der Waals surface area contributed by atoms with Gasteiger partial charge in [-0.15, -0.1) is 0 Å². The van der Waals surface area contributed by atoms with Gasteiger partial charge in [0.1, 0.15) is 18.5 Å². The zero-order chi connectivity index (χ0) is 9.80. The van der Waals surface area contributed by atoms with Crippen LogP contribution in [-0.2, 0) is 4.74 Å². The molecule has 0 amide bonds. The molecule has 0 radical (unpaired) electrons. The van der Waals surface area contributed by atoms with Crippen molar-refractivity contribution in [2.24, 2.45) is 0 Å². The molecule has 3 nitrogen and oxygen atoms in total. The molecule has 0 bridgehead atoms. The third-order valence-corrected chi connectivity index (χ3v) is 2.26. The average Bonchev–Trinajstić information content (AvgIpc) is 2.96. The van der Waals surface area contributed by atoms with E-state index in [1.54, 1.807) is 0 Å². The third kappa shape index (κ3) is 2.47. The zero-order valence-corrected chi connectivity index (χ0v) is 7.93. The highest BCUT2D eigenvalue weighted by Gasteiger charge is 2.38. The minimum atomic E-state index is 0.169. The van der Waals surface area contributed by atoms with E-state index in [1.807, 2.05) is 30.3 Å². The maximum Gasteiger partial charge on any atom is 0.119 e. The second-order valence-corrected chi connectivity index (χ2v) is 3.35. The number of para-hydroxylation sites is 1. The summed E-state index contributed by atoms with van der Waals surface area (Å²) in [6.07, 6.45) is 1.08. The van der Waals surface area contributed by atoms with E-state index in [1.165, 1.54) is 0 Å². The lowest BCUT2D eigenvalue weighted by molar-refractivity contribution is 0.248. The van der Waals surface area contributed by atoms with E-state index in [2.05, 4.69) is 0 Å². The summed E-state index contributed by atoms with van der Waals surface area (Å²) in [5.74, 6) is 0.866. The zero-order valence-electron chi connectivity index (χ0n) is 7.93. The Kier molecular flexibility index (Phi) is 3.01. The smallest absolute Gasteiger partial charge is 0.119 e. The molecule has 1 fully saturated rings. The SMILES string of the molecule is OCCC1OC1COc1ccccc1. The van der Waals surface area contributed by atoms with Crippen LogP contribution in [-0.4, -0.2) is 30.5 Å². The Morgan fingerprint density at radius 3 is 2.71 bits per heavy atom. The van der Waals surface area contributed by atoms with E-state index in [9.17, 15) is 0 Å². The van der Waals surface area contributed by atoms with E-state index < -0.39 is 0 Å². The van der Waals surface area contributed by atoms with Gasteiger partial charge in [0.15, 0.2) is 0 Å². The molecular formula is C11H14O3. The van der Waals surface area contributed by atoms with Gasteiger partial charge in [-0.3, -0.25) is 0 Å². The highest BCUT2D eigenvalue weighted by atomic mass is 16.6. The number of aliphatic hydroxyl groups excluding tert-OH is 1. The Morgan fingerprint density at radius 1 is 1.21 bits per heavy atom. The number of hydrogen-bond donors (Lipinski definition) is 1. The molecule has 0 aliphatic carbocycles. The molecule has 2 rings (SSSR count). The maximum absolute atomic E-state index is 8.66. The average molecular weight is 194 g/mol. The fraction of sp³-hybridized carbons (Fsp3) is 0.455. The number of aliphatic hydroxyl groups is 1. The first-order chi connectivity index (χ1) is 6.90. The molecule has 1 saturated heterocycles. The fourth-order valence-electron chi connectivity index (χ4n) is 1.40. The van der Waals surface area contributed by atoms with Crippen LogP contribution >= 0.6 is 0 Å². The van der Waals surface area contributed by atoms with Crippen LogP contribution in [0.3, 0.4) is 0 Å². The molecular weight excluding hydrogens is 180 g/mol. The highest BCUT2D eigenvalue weighted by Crippen LogP contribution is 2.25. The minimum Gasteiger partial charge on any atom is -0.491 e. The number of benzene rings is 1. The van der Waals surface area contributed by atoms with Crippen LogP contribution in [0, 0.1) is 0 Å². The van der Waals surface area contributed by atoms with Gasteiger partial charge in [-0.25, -0.2) is 0 Å². The molecule has 2 atom stereocenters. The summed E-state index contributed by atoms with van der Waals surface area (Å²) in [5, 5.41) is 8.66. The number of rotatable bonds is 5. The molecule has 14 heavy (non-hydrogen) atoms. The summed E-state index contributed by atoms with van der Waals surface area (Å²) in [6, 6.07) is 9.67. The summed E-state index contributed by atoms with van der Waals surface area (Å²) in [7, 11) is 0. The summed E-state index contributed by atoms with van der Waals surface area (Å²) in [6.45, 7) is 0.765. The van der Waals surface area contributed by atoms with Crippen molar-refractivity contribution < 1.29 is 14.6 Å². The molecule has 1 heterocycles. The number of ether oxygens (including phenoxy) is 2. The predicted molar refractivity (Wildman–Crippen MR) is 52.3 cm³/mol. The van der Waals surface area contributed by atoms with Crippen molar-refractivity contribution in [3.8, 4) is 5.75 Å². The minimum absolute atomic E-state index is 0.169. The summed E-state index contributed by atoms with van der Waals surface area (Å²) in [4.78, 5) is 0. The van der Waals surface area contributed by atoms with Crippen molar-refractivity contribution in [2.75, 3.05) is 13.2 Å². The van der Waals surface area contributed by atoms with Crippen LogP contribution in [0.25, 0.3) is 0 Å². The van der Waals surface area contributed by atoms with Gasteiger partial charge in [0.05, 0.1) is 6.10 Å². The first-order valence-electron chi connectivity index (χ1n) is 4.84. The van der Waals surface area contributed by atoms with Gasteiger partial charge >= 0.3 is 0 Å². The van der Waals surface area contributed by atoms with E-state index in [0.29, 0.717) is 13.0 Å². The molecule has 1 aliphatic rings. The summed E-state index contributed by atoms with van der Waals surface area (Å²) >= 11 is 0. The Hall–Kier alpha value is -1.06. The first kappa shape index (κ1) is 9.49. The molecule has 0 saturated carbocycles. The molecule has 76 valence electrons. The van der Waals surface area contributed by atoms with E-state index in [4.69, 9.17) is 14.6 Å². The van der Waals surface area contributed by atoms with E-state index >= 15 is 0 Å². The van der Waals surface area contributed by atoms with Crippen molar-refractivity contribution >= 4 is 0 Å². The second kappa shape index (κ2) is 4.44. The fourth-order valence-corrected chi connectivity index (χ4v) is 1.40. The quantitative estimate of drug-likeness (QED) is 0.716. The lowest BCUT2D eigenvalue weighted by atomic mass is 10.2. The lowest BCUT2D eigenvalue weighted by Gasteiger charge is -2.02. The molecule has 1 N–H and O–H groups in total. The maximum atomic E-state index is 8.66. The van der Waals surface area contributed by atoms with Crippen molar-refractivity contribution in [3.63, 3.8) is 0 Å². The lowest BCUT2D eigenvalue weighted by Crippen LogP contribution is -2.08. The van der Waals surface area contributed by atoms with E-state index in [-0.39, 0.29) is 18.8 Å². The van der Waals surface area contributed by atoms with Gasteiger partial charge in [-0.2, -0.15) is 0 Å². The number of hydrogen-bond acceptors (Lipinski definition) is 3. The van der Waals surface area contributed by atoms with Crippen LogP contribution in [0.2, 0.25) is 0 Å². The highest BCUT2D eigenvalue weighted by molar-refractivity contribution is 5.21. The molecule has 0 aromatic heterocycles. The predicted octanol–water partition coefficient (Wildman–Crippen LogP) is 1.22. The Morgan fingerprint density at radius 2 is 2.00 bits per heavy atom. The molecule has 3 heteroatoms. The van der Waals surface area contributed by atoms with Gasteiger partial charge < -0.3 is 14.6 Å². The van der Waals surface area contributed by atoms with Gasteiger partial charge in [-0.1, -0.05) is 18.2 Å². The first-order valence-corrected chi connectivity index (χ1v) is 4.84. The molecule has 2 unspecified atom stereocenters. The summed E-state index contributed by atoms with van der Waals surface area (Å²) < 4.78 is 10.8. The monoisotopic (exact) mass is 194 g/mol. The topological polar surface area (TPSA) is 42.0 Å². The van der Waals surface area contributed by atoms with Crippen LogP contribution in [0.1, 0.15) is 6.42 Å². The molecule has 0 spiro atoms. The Labute approximate surface area is 83.3 Å². The third-order valence-electron chi connectivity index (χ3n) is 2.26. The van der Waals surface area contributed by atoms with Crippen molar-refractivity contribution in [2.45, 2.75) is 18.6 Å². The van der Waals surface area contributed by atoms with Crippen LogP contribution in [0.15, 0.2) is 30.3 Å². The molecule has 1 aliphatic heterocycles. The van der Waals surface area contributed by atoms with Gasteiger partial charge in [0, 0.05) is 6.61 Å². The van der Waals surface area contributed by atoms with Crippen LogP contribution in [0.5, 0.6) is 5.75 Å². The van der Waals surface area contributed by atoms with Gasteiger partial charge in [0.2, 0.25) is 0 Å². The van der Waals surface area contributed by atoms with Crippen LogP contribution < -0.4 is 4.74 Å². The van der Waals surface area contributed by atoms with E-state index in [0.717, 1.165) is 5.75 Å².